The molecule has 4 rings (SSSR count). The number of aromatic nitrogens is 5. The van der Waals surface area contributed by atoms with E-state index in [1.54, 1.807) is 31.0 Å². The first kappa shape index (κ1) is 15.0. The maximum absolute atomic E-state index is 13.9. The molecule has 7 heteroatoms. The zero-order valence-electron chi connectivity index (χ0n) is 13.3. The summed E-state index contributed by atoms with van der Waals surface area (Å²) in [5.74, 6) is 0.673. The van der Waals surface area contributed by atoms with Gasteiger partial charge in [0.25, 0.3) is 0 Å². The van der Waals surface area contributed by atoms with E-state index in [0.29, 0.717) is 5.56 Å². The van der Waals surface area contributed by atoms with Crippen molar-refractivity contribution >= 4 is 0 Å². The van der Waals surface area contributed by atoms with Gasteiger partial charge in [-0.05, 0) is 31.5 Å². The predicted molar refractivity (Wildman–Crippen MR) is 87.6 cm³/mol. The Hall–Kier alpha value is -2.54. The maximum Gasteiger partial charge on any atom is 0.137 e. The molecular weight excluding hydrogens is 307 g/mol. The van der Waals surface area contributed by atoms with Crippen molar-refractivity contribution in [3.8, 4) is 11.3 Å². The summed E-state index contributed by atoms with van der Waals surface area (Å²) < 4.78 is 15.8. The minimum Gasteiger partial charge on any atom is -0.341 e. The monoisotopic (exact) mass is 326 g/mol. The highest BCUT2D eigenvalue weighted by Gasteiger charge is 2.28. The average Bonchev–Trinajstić information content (AvgIpc) is 3.34. The molecule has 1 atom stereocenters. The molecule has 2 aromatic heterocycles. The summed E-state index contributed by atoms with van der Waals surface area (Å²) in [7, 11) is 0. The van der Waals surface area contributed by atoms with Crippen molar-refractivity contribution in [2.24, 2.45) is 0 Å². The fourth-order valence-corrected chi connectivity index (χ4v) is 3.31. The fraction of sp³-hybridized carbons (Fsp3) is 0.353. The second-order valence-electron chi connectivity index (χ2n) is 6.01. The zero-order valence-corrected chi connectivity index (χ0v) is 13.3. The number of hydrogen-bond donors (Lipinski definition) is 1. The van der Waals surface area contributed by atoms with E-state index < -0.39 is 0 Å². The van der Waals surface area contributed by atoms with Gasteiger partial charge < -0.3 is 4.98 Å². The standard InChI is InChI=1S/C17H19FN6/c18-14-5-2-1-4-13(14)15-10-20-17(22-15)16-6-3-7-23(16)8-9-24-12-19-11-21-24/h1-2,4-5,10-12,16H,3,6-9H2,(H,20,22)/t16-/m0/s1. The van der Waals surface area contributed by atoms with Crippen molar-refractivity contribution in [2.45, 2.75) is 25.4 Å². The molecule has 1 aliphatic heterocycles. The van der Waals surface area contributed by atoms with Gasteiger partial charge in [-0.25, -0.2) is 14.4 Å². The Bertz CT molecular complexity index is 797. The van der Waals surface area contributed by atoms with Crippen molar-refractivity contribution < 1.29 is 4.39 Å². The number of aromatic amines is 1. The molecule has 0 saturated carbocycles. The lowest BCUT2D eigenvalue weighted by atomic mass is 10.1. The lowest BCUT2D eigenvalue weighted by molar-refractivity contribution is 0.236. The Labute approximate surface area is 139 Å². The third-order valence-electron chi connectivity index (χ3n) is 4.52. The summed E-state index contributed by atoms with van der Waals surface area (Å²) in [6.07, 6.45) is 7.20. The number of halogens is 1. The molecule has 1 aromatic carbocycles. The van der Waals surface area contributed by atoms with Crippen molar-refractivity contribution in [2.75, 3.05) is 13.1 Å². The SMILES string of the molecule is Fc1ccccc1-c1cnc([C@@H]2CCCN2CCn2cncn2)[nH]1. The number of likely N-dealkylation sites (tertiary alicyclic amines) is 1. The van der Waals surface area contributed by atoms with Crippen LogP contribution in [0.3, 0.4) is 0 Å². The number of imidazole rings is 1. The van der Waals surface area contributed by atoms with Gasteiger partial charge in [0.05, 0.1) is 24.5 Å². The number of nitrogens with one attached hydrogen (secondary N) is 1. The van der Waals surface area contributed by atoms with E-state index in [1.165, 1.54) is 6.07 Å². The van der Waals surface area contributed by atoms with E-state index in [9.17, 15) is 4.39 Å². The summed E-state index contributed by atoms with van der Waals surface area (Å²) in [6.45, 7) is 2.73. The number of hydrogen-bond acceptors (Lipinski definition) is 4. The number of rotatable bonds is 5. The quantitative estimate of drug-likeness (QED) is 0.783. The second-order valence-corrected chi connectivity index (χ2v) is 6.01. The predicted octanol–water partition coefficient (Wildman–Crippen LogP) is 2.64. The lowest BCUT2D eigenvalue weighted by Crippen LogP contribution is -2.28. The van der Waals surface area contributed by atoms with E-state index in [1.807, 2.05) is 10.7 Å². The van der Waals surface area contributed by atoms with Crippen molar-refractivity contribution in [3.63, 3.8) is 0 Å². The Morgan fingerprint density at radius 2 is 2.17 bits per heavy atom. The summed E-state index contributed by atoms with van der Waals surface area (Å²) in [6, 6.07) is 7.01. The third kappa shape index (κ3) is 2.94. The van der Waals surface area contributed by atoms with Crippen LogP contribution in [0.5, 0.6) is 0 Å². The van der Waals surface area contributed by atoms with Crippen LogP contribution in [0.4, 0.5) is 4.39 Å². The fourth-order valence-electron chi connectivity index (χ4n) is 3.31. The first-order chi connectivity index (χ1) is 11.8. The van der Waals surface area contributed by atoms with Crippen LogP contribution in [-0.2, 0) is 6.54 Å². The van der Waals surface area contributed by atoms with E-state index in [-0.39, 0.29) is 11.9 Å². The van der Waals surface area contributed by atoms with Crippen molar-refractivity contribution in [1.29, 1.82) is 0 Å². The Morgan fingerprint density at radius 3 is 3.00 bits per heavy atom. The highest BCUT2D eigenvalue weighted by Crippen LogP contribution is 2.31. The van der Waals surface area contributed by atoms with Gasteiger partial charge in [-0.15, -0.1) is 0 Å². The van der Waals surface area contributed by atoms with Crippen LogP contribution >= 0.6 is 0 Å². The summed E-state index contributed by atoms with van der Waals surface area (Å²) >= 11 is 0. The van der Waals surface area contributed by atoms with Gasteiger partial charge in [0.1, 0.15) is 24.3 Å². The summed E-state index contributed by atoms with van der Waals surface area (Å²) in [5.41, 5.74) is 1.29. The molecular formula is C17H19FN6. The normalized spacial score (nSPS) is 18.3. The molecule has 0 radical (unpaired) electrons. The Kier molecular flexibility index (Phi) is 4.08. The topological polar surface area (TPSA) is 62.6 Å². The average molecular weight is 326 g/mol. The minimum absolute atomic E-state index is 0.234. The Balaban J connectivity index is 1.49. The molecule has 0 spiro atoms. The first-order valence-corrected chi connectivity index (χ1v) is 8.17. The molecule has 0 unspecified atom stereocenters. The summed E-state index contributed by atoms with van der Waals surface area (Å²) in [5, 5.41) is 4.14. The van der Waals surface area contributed by atoms with Crippen LogP contribution < -0.4 is 0 Å². The number of H-pyrrole nitrogens is 1. The molecule has 0 aliphatic carbocycles. The largest absolute Gasteiger partial charge is 0.341 e. The van der Waals surface area contributed by atoms with Crippen LogP contribution in [0.2, 0.25) is 0 Å². The maximum atomic E-state index is 13.9. The van der Waals surface area contributed by atoms with Gasteiger partial charge in [-0.1, -0.05) is 12.1 Å². The molecule has 1 aliphatic rings. The van der Waals surface area contributed by atoms with Gasteiger partial charge in [0.15, 0.2) is 0 Å². The van der Waals surface area contributed by atoms with Crippen LogP contribution in [0, 0.1) is 5.82 Å². The number of benzene rings is 1. The molecule has 24 heavy (non-hydrogen) atoms. The summed E-state index contributed by atoms with van der Waals surface area (Å²) in [4.78, 5) is 14.2. The van der Waals surface area contributed by atoms with Crippen LogP contribution in [0.1, 0.15) is 24.7 Å². The van der Waals surface area contributed by atoms with Gasteiger partial charge in [-0.2, -0.15) is 5.10 Å². The minimum atomic E-state index is -0.234. The molecule has 1 fully saturated rings. The highest BCUT2D eigenvalue weighted by atomic mass is 19.1. The zero-order chi connectivity index (χ0) is 16.4. The second kappa shape index (κ2) is 6.52. The van der Waals surface area contributed by atoms with E-state index in [2.05, 4.69) is 25.0 Å². The Morgan fingerprint density at radius 1 is 1.25 bits per heavy atom. The molecule has 0 bridgehead atoms. The van der Waals surface area contributed by atoms with Crippen LogP contribution in [0.15, 0.2) is 43.1 Å². The van der Waals surface area contributed by atoms with Gasteiger partial charge >= 0.3 is 0 Å². The van der Waals surface area contributed by atoms with Gasteiger partial charge in [0.2, 0.25) is 0 Å². The van der Waals surface area contributed by atoms with E-state index in [4.69, 9.17) is 0 Å². The molecule has 124 valence electrons. The highest BCUT2D eigenvalue weighted by molar-refractivity contribution is 5.59. The van der Waals surface area contributed by atoms with Gasteiger partial charge in [-0.3, -0.25) is 9.58 Å². The molecule has 1 saturated heterocycles. The molecule has 6 nitrogen and oxygen atoms in total. The van der Waals surface area contributed by atoms with Gasteiger partial charge in [0, 0.05) is 12.1 Å². The van der Waals surface area contributed by atoms with Crippen molar-refractivity contribution in [3.05, 3.63) is 54.8 Å². The number of nitrogens with zero attached hydrogens (tertiary/aromatic N) is 5. The smallest absolute Gasteiger partial charge is 0.137 e. The van der Waals surface area contributed by atoms with E-state index in [0.717, 1.165) is 44.0 Å². The molecule has 3 aromatic rings. The molecule has 1 N–H and O–H groups in total. The first-order valence-electron chi connectivity index (χ1n) is 8.17. The molecule has 3 heterocycles. The van der Waals surface area contributed by atoms with Crippen LogP contribution in [-0.4, -0.2) is 42.7 Å². The van der Waals surface area contributed by atoms with E-state index >= 15 is 0 Å². The van der Waals surface area contributed by atoms with Crippen LogP contribution in [0.25, 0.3) is 11.3 Å². The third-order valence-corrected chi connectivity index (χ3v) is 4.52. The van der Waals surface area contributed by atoms with Crippen molar-refractivity contribution in [1.82, 2.24) is 29.6 Å². The lowest BCUT2D eigenvalue weighted by Gasteiger charge is -2.22. The molecule has 0 amide bonds.